The highest BCUT2D eigenvalue weighted by atomic mass is 16.5. The fraction of sp³-hybridized carbons (Fsp3) is 0.833. The Morgan fingerprint density at radius 3 is 2.94 bits per heavy atom. The second kappa shape index (κ2) is 9.99. The SMILES string of the molecule is COCCNCc1cn(CCCCCCO)nn1. The van der Waals surface area contributed by atoms with E-state index in [1.165, 1.54) is 0 Å². The number of nitrogens with one attached hydrogen (secondary N) is 1. The van der Waals surface area contributed by atoms with E-state index in [-0.39, 0.29) is 0 Å². The smallest absolute Gasteiger partial charge is 0.0964 e. The lowest BCUT2D eigenvalue weighted by atomic mass is 10.2. The minimum atomic E-state index is 0.292. The fourth-order valence-corrected chi connectivity index (χ4v) is 1.66. The van der Waals surface area contributed by atoms with Crippen LogP contribution in [0.1, 0.15) is 31.4 Å². The number of aryl methyl sites for hydroxylation is 1. The number of rotatable bonds is 11. The number of hydrogen-bond acceptors (Lipinski definition) is 5. The second-order valence-corrected chi connectivity index (χ2v) is 4.28. The molecule has 18 heavy (non-hydrogen) atoms. The molecule has 0 amide bonds. The summed E-state index contributed by atoms with van der Waals surface area (Å²) in [6, 6.07) is 0. The Morgan fingerprint density at radius 1 is 1.33 bits per heavy atom. The van der Waals surface area contributed by atoms with Crippen molar-refractivity contribution >= 4 is 0 Å². The van der Waals surface area contributed by atoms with E-state index in [4.69, 9.17) is 9.84 Å². The highest BCUT2D eigenvalue weighted by Gasteiger charge is 2.00. The Bertz CT molecular complexity index is 304. The number of ether oxygens (including phenoxy) is 1. The van der Waals surface area contributed by atoms with Gasteiger partial charge in [-0.2, -0.15) is 0 Å². The van der Waals surface area contributed by atoms with Gasteiger partial charge in [0.25, 0.3) is 0 Å². The van der Waals surface area contributed by atoms with Crippen LogP contribution in [0.25, 0.3) is 0 Å². The van der Waals surface area contributed by atoms with Crippen molar-refractivity contribution in [1.82, 2.24) is 20.3 Å². The zero-order valence-electron chi connectivity index (χ0n) is 11.1. The Morgan fingerprint density at radius 2 is 2.17 bits per heavy atom. The monoisotopic (exact) mass is 256 g/mol. The molecule has 0 bridgehead atoms. The predicted molar refractivity (Wildman–Crippen MR) is 69.2 cm³/mol. The summed E-state index contributed by atoms with van der Waals surface area (Å²) < 4.78 is 6.83. The van der Waals surface area contributed by atoms with E-state index in [1.54, 1.807) is 7.11 Å². The molecule has 0 saturated heterocycles. The summed E-state index contributed by atoms with van der Waals surface area (Å²) in [4.78, 5) is 0. The van der Waals surface area contributed by atoms with Gasteiger partial charge in [-0.25, -0.2) is 0 Å². The van der Waals surface area contributed by atoms with E-state index >= 15 is 0 Å². The molecule has 0 fully saturated rings. The molecule has 6 heteroatoms. The Labute approximate surface area is 108 Å². The van der Waals surface area contributed by atoms with Crippen molar-refractivity contribution < 1.29 is 9.84 Å². The van der Waals surface area contributed by atoms with Gasteiger partial charge in [-0.1, -0.05) is 18.1 Å². The van der Waals surface area contributed by atoms with Crippen LogP contribution in [0.3, 0.4) is 0 Å². The van der Waals surface area contributed by atoms with Gasteiger partial charge in [-0.3, -0.25) is 4.68 Å². The summed E-state index contributed by atoms with van der Waals surface area (Å²) in [5.74, 6) is 0. The van der Waals surface area contributed by atoms with Crippen molar-refractivity contribution in [2.24, 2.45) is 0 Å². The molecular formula is C12H24N4O2. The van der Waals surface area contributed by atoms with Crippen molar-refractivity contribution in [3.63, 3.8) is 0 Å². The average molecular weight is 256 g/mol. The van der Waals surface area contributed by atoms with Crippen LogP contribution >= 0.6 is 0 Å². The molecule has 2 N–H and O–H groups in total. The van der Waals surface area contributed by atoms with Crippen LogP contribution in [-0.2, 0) is 17.8 Å². The van der Waals surface area contributed by atoms with Crippen molar-refractivity contribution in [3.05, 3.63) is 11.9 Å². The first kappa shape index (κ1) is 15.1. The molecule has 1 heterocycles. The van der Waals surface area contributed by atoms with Gasteiger partial charge >= 0.3 is 0 Å². The summed E-state index contributed by atoms with van der Waals surface area (Å²) in [7, 11) is 1.69. The zero-order chi connectivity index (χ0) is 13.1. The molecule has 6 nitrogen and oxygen atoms in total. The van der Waals surface area contributed by atoms with E-state index in [0.717, 1.165) is 51.0 Å². The third-order valence-electron chi connectivity index (χ3n) is 2.67. The molecule has 0 unspecified atom stereocenters. The van der Waals surface area contributed by atoms with Gasteiger partial charge in [0.1, 0.15) is 0 Å². The molecular weight excluding hydrogens is 232 g/mol. The third-order valence-corrected chi connectivity index (χ3v) is 2.67. The standard InChI is InChI=1S/C12H24N4O2/c1-18-9-6-13-10-12-11-16(15-14-12)7-4-2-3-5-8-17/h11,13,17H,2-10H2,1H3. The number of methoxy groups -OCH3 is 1. The molecule has 0 aliphatic rings. The summed E-state index contributed by atoms with van der Waals surface area (Å²) in [6.07, 6.45) is 6.16. The summed E-state index contributed by atoms with van der Waals surface area (Å²) >= 11 is 0. The van der Waals surface area contributed by atoms with Gasteiger partial charge in [0.15, 0.2) is 0 Å². The lowest BCUT2D eigenvalue weighted by Gasteiger charge is -2.00. The molecule has 104 valence electrons. The van der Waals surface area contributed by atoms with Crippen molar-refractivity contribution in [3.8, 4) is 0 Å². The van der Waals surface area contributed by atoms with Crippen LogP contribution in [0, 0.1) is 0 Å². The topological polar surface area (TPSA) is 72.2 Å². The number of unbranched alkanes of at least 4 members (excludes halogenated alkanes) is 3. The number of nitrogens with zero attached hydrogens (tertiary/aromatic N) is 3. The van der Waals surface area contributed by atoms with Gasteiger partial charge in [0, 0.05) is 39.5 Å². The molecule has 0 aliphatic heterocycles. The van der Waals surface area contributed by atoms with E-state index in [9.17, 15) is 0 Å². The van der Waals surface area contributed by atoms with Gasteiger partial charge < -0.3 is 15.2 Å². The molecule has 1 aromatic heterocycles. The minimum Gasteiger partial charge on any atom is -0.396 e. The Hall–Kier alpha value is -0.980. The first-order valence-corrected chi connectivity index (χ1v) is 6.56. The van der Waals surface area contributed by atoms with Crippen LogP contribution in [0.15, 0.2) is 6.20 Å². The highest BCUT2D eigenvalue weighted by Crippen LogP contribution is 2.01. The first-order valence-electron chi connectivity index (χ1n) is 6.56. The first-order chi connectivity index (χ1) is 8.86. The minimum absolute atomic E-state index is 0.292. The average Bonchev–Trinajstić information content (AvgIpc) is 2.82. The van der Waals surface area contributed by atoms with Crippen LogP contribution in [0.5, 0.6) is 0 Å². The van der Waals surface area contributed by atoms with E-state index < -0.39 is 0 Å². The normalized spacial score (nSPS) is 11.0. The molecule has 0 spiro atoms. The molecule has 0 saturated carbocycles. The summed E-state index contributed by atoms with van der Waals surface area (Å²) in [6.45, 7) is 3.45. The van der Waals surface area contributed by atoms with Crippen molar-refractivity contribution in [2.45, 2.75) is 38.8 Å². The molecule has 0 atom stereocenters. The quantitative estimate of drug-likeness (QED) is 0.566. The van der Waals surface area contributed by atoms with E-state index in [1.807, 2.05) is 10.9 Å². The predicted octanol–water partition coefficient (Wildman–Crippen LogP) is 0.567. The lowest BCUT2D eigenvalue weighted by molar-refractivity contribution is 0.199. The number of aromatic nitrogens is 3. The largest absolute Gasteiger partial charge is 0.396 e. The van der Waals surface area contributed by atoms with Crippen LogP contribution in [0.4, 0.5) is 0 Å². The van der Waals surface area contributed by atoms with Crippen molar-refractivity contribution in [2.75, 3.05) is 26.9 Å². The van der Waals surface area contributed by atoms with Gasteiger partial charge in [0.05, 0.1) is 12.3 Å². The lowest BCUT2D eigenvalue weighted by Crippen LogP contribution is -2.18. The summed E-state index contributed by atoms with van der Waals surface area (Å²) in [5.41, 5.74) is 0.960. The van der Waals surface area contributed by atoms with Gasteiger partial charge in [-0.05, 0) is 12.8 Å². The number of aliphatic hydroxyl groups is 1. The molecule has 0 radical (unpaired) electrons. The Balaban J connectivity index is 2.10. The van der Waals surface area contributed by atoms with Crippen LogP contribution in [-0.4, -0.2) is 47.0 Å². The van der Waals surface area contributed by atoms with E-state index in [2.05, 4.69) is 15.6 Å². The number of aliphatic hydroxyl groups excluding tert-OH is 1. The maximum Gasteiger partial charge on any atom is 0.0964 e. The molecule has 1 rings (SSSR count). The van der Waals surface area contributed by atoms with Crippen molar-refractivity contribution in [1.29, 1.82) is 0 Å². The Kier molecular flexibility index (Phi) is 8.37. The second-order valence-electron chi connectivity index (χ2n) is 4.28. The van der Waals surface area contributed by atoms with Crippen LogP contribution < -0.4 is 5.32 Å². The van der Waals surface area contributed by atoms with Gasteiger partial charge in [-0.15, -0.1) is 5.10 Å². The maximum atomic E-state index is 8.66. The highest BCUT2D eigenvalue weighted by molar-refractivity contribution is 4.91. The molecule has 0 aromatic carbocycles. The van der Waals surface area contributed by atoms with Gasteiger partial charge in [0.2, 0.25) is 0 Å². The van der Waals surface area contributed by atoms with E-state index in [0.29, 0.717) is 13.2 Å². The summed E-state index contributed by atoms with van der Waals surface area (Å²) in [5, 5.41) is 20.1. The zero-order valence-corrected chi connectivity index (χ0v) is 11.1. The fourth-order valence-electron chi connectivity index (χ4n) is 1.66. The number of hydrogen-bond donors (Lipinski definition) is 2. The van der Waals surface area contributed by atoms with Crippen LogP contribution in [0.2, 0.25) is 0 Å². The molecule has 0 aliphatic carbocycles. The maximum absolute atomic E-state index is 8.66. The molecule has 1 aromatic rings. The third kappa shape index (κ3) is 6.68.